The molecule has 0 saturated heterocycles. The molecule has 0 spiro atoms. The SMILES string of the molecule is CC1c2c(Br)ccc(Br)c2C2CCCC12. The summed E-state index contributed by atoms with van der Waals surface area (Å²) in [6, 6.07) is 4.37. The molecule has 1 aromatic carbocycles. The van der Waals surface area contributed by atoms with E-state index < -0.39 is 0 Å². The Morgan fingerprint density at radius 3 is 2.47 bits per heavy atom. The Bertz CT molecular complexity index is 411. The van der Waals surface area contributed by atoms with Crippen molar-refractivity contribution in [1.29, 1.82) is 0 Å². The van der Waals surface area contributed by atoms with Crippen molar-refractivity contribution >= 4 is 31.9 Å². The van der Waals surface area contributed by atoms with E-state index in [4.69, 9.17) is 0 Å². The van der Waals surface area contributed by atoms with E-state index in [2.05, 4.69) is 50.9 Å². The smallest absolute Gasteiger partial charge is 0.0213 e. The largest absolute Gasteiger partial charge is 0.0581 e. The van der Waals surface area contributed by atoms with Crippen LogP contribution in [0.15, 0.2) is 21.1 Å². The molecule has 3 rings (SSSR count). The van der Waals surface area contributed by atoms with E-state index in [-0.39, 0.29) is 0 Å². The molecule has 1 fully saturated rings. The molecule has 0 aromatic heterocycles. The van der Waals surface area contributed by atoms with Gasteiger partial charge < -0.3 is 0 Å². The fourth-order valence-corrected chi connectivity index (χ4v) is 4.93. The van der Waals surface area contributed by atoms with Crippen LogP contribution in [0.3, 0.4) is 0 Å². The van der Waals surface area contributed by atoms with Gasteiger partial charge in [0.25, 0.3) is 0 Å². The predicted octanol–water partition coefficient (Wildman–Crippen LogP) is 5.21. The van der Waals surface area contributed by atoms with Gasteiger partial charge in [0.1, 0.15) is 0 Å². The Morgan fingerprint density at radius 2 is 1.73 bits per heavy atom. The van der Waals surface area contributed by atoms with Crippen molar-refractivity contribution < 1.29 is 0 Å². The van der Waals surface area contributed by atoms with Gasteiger partial charge in [0.2, 0.25) is 0 Å². The van der Waals surface area contributed by atoms with Crippen LogP contribution < -0.4 is 0 Å². The van der Waals surface area contributed by atoms with Gasteiger partial charge in [-0.05, 0) is 53.9 Å². The average molecular weight is 330 g/mol. The van der Waals surface area contributed by atoms with E-state index in [1.807, 2.05) is 0 Å². The van der Waals surface area contributed by atoms with Gasteiger partial charge in [-0.3, -0.25) is 0 Å². The molecule has 0 nitrogen and oxygen atoms in total. The summed E-state index contributed by atoms with van der Waals surface area (Å²) in [5.74, 6) is 2.45. The lowest BCUT2D eigenvalue weighted by Gasteiger charge is -2.14. The summed E-state index contributed by atoms with van der Waals surface area (Å²) in [5.41, 5.74) is 3.17. The molecular weight excluding hydrogens is 316 g/mol. The minimum Gasteiger partial charge on any atom is -0.0581 e. The van der Waals surface area contributed by atoms with E-state index in [0.29, 0.717) is 0 Å². The first-order valence-corrected chi connectivity index (χ1v) is 7.26. The van der Waals surface area contributed by atoms with Crippen LogP contribution in [-0.4, -0.2) is 0 Å². The van der Waals surface area contributed by atoms with E-state index in [9.17, 15) is 0 Å². The molecule has 1 saturated carbocycles. The summed E-state index contributed by atoms with van der Waals surface area (Å²) in [6.45, 7) is 2.39. The van der Waals surface area contributed by atoms with Crippen molar-refractivity contribution in [3.05, 3.63) is 32.2 Å². The molecule has 0 heterocycles. The summed E-state index contributed by atoms with van der Waals surface area (Å²) in [7, 11) is 0. The Morgan fingerprint density at radius 1 is 1.07 bits per heavy atom. The number of rotatable bonds is 0. The van der Waals surface area contributed by atoms with Crippen LogP contribution in [0.4, 0.5) is 0 Å². The van der Waals surface area contributed by atoms with Gasteiger partial charge in [0.15, 0.2) is 0 Å². The second-order valence-corrected chi connectivity index (χ2v) is 6.56. The van der Waals surface area contributed by atoms with Gasteiger partial charge in [-0.1, -0.05) is 45.2 Å². The lowest BCUT2D eigenvalue weighted by Crippen LogP contribution is -2.02. The predicted molar refractivity (Wildman–Crippen MR) is 70.3 cm³/mol. The van der Waals surface area contributed by atoms with E-state index in [1.165, 1.54) is 28.2 Å². The van der Waals surface area contributed by atoms with Gasteiger partial charge in [-0.25, -0.2) is 0 Å². The Hall–Kier alpha value is 0.180. The highest BCUT2D eigenvalue weighted by Crippen LogP contribution is 2.57. The Labute approximate surface area is 108 Å². The normalized spacial score (nSPS) is 32.9. The van der Waals surface area contributed by atoms with Gasteiger partial charge in [-0.2, -0.15) is 0 Å². The lowest BCUT2D eigenvalue weighted by molar-refractivity contribution is 0.456. The van der Waals surface area contributed by atoms with Crippen molar-refractivity contribution in [1.82, 2.24) is 0 Å². The van der Waals surface area contributed by atoms with Gasteiger partial charge >= 0.3 is 0 Å². The van der Waals surface area contributed by atoms with Crippen LogP contribution in [0.1, 0.15) is 49.1 Å². The highest BCUT2D eigenvalue weighted by atomic mass is 79.9. The first-order valence-electron chi connectivity index (χ1n) is 5.68. The third-order valence-corrected chi connectivity index (χ3v) is 5.60. The molecule has 0 amide bonds. The highest BCUT2D eigenvalue weighted by Gasteiger charge is 2.42. The fraction of sp³-hybridized carbons (Fsp3) is 0.538. The first-order chi connectivity index (χ1) is 7.20. The second-order valence-electron chi connectivity index (χ2n) is 4.85. The third kappa shape index (κ3) is 1.37. The first kappa shape index (κ1) is 10.3. The van der Waals surface area contributed by atoms with Crippen molar-refractivity contribution in [3.63, 3.8) is 0 Å². The number of halogens is 2. The van der Waals surface area contributed by atoms with Crippen LogP contribution >= 0.6 is 31.9 Å². The van der Waals surface area contributed by atoms with Crippen LogP contribution in [-0.2, 0) is 0 Å². The average Bonchev–Trinajstić information content (AvgIpc) is 2.76. The fourth-order valence-electron chi connectivity index (χ4n) is 3.58. The molecule has 80 valence electrons. The lowest BCUT2D eigenvalue weighted by atomic mass is 9.91. The van der Waals surface area contributed by atoms with E-state index in [1.54, 1.807) is 11.1 Å². The molecule has 1 aromatic rings. The molecule has 0 N–H and O–H groups in total. The summed E-state index contributed by atoms with van der Waals surface area (Å²) in [4.78, 5) is 0. The molecule has 15 heavy (non-hydrogen) atoms. The minimum absolute atomic E-state index is 0.736. The maximum Gasteiger partial charge on any atom is 0.0213 e. The van der Waals surface area contributed by atoms with Crippen LogP contribution in [0.5, 0.6) is 0 Å². The molecule has 2 aliphatic rings. The second kappa shape index (κ2) is 3.59. The maximum absolute atomic E-state index is 3.72. The van der Waals surface area contributed by atoms with Crippen molar-refractivity contribution in [2.75, 3.05) is 0 Å². The molecule has 0 aliphatic heterocycles. The Kier molecular flexibility index (Phi) is 2.48. The van der Waals surface area contributed by atoms with Gasteiger partial charge in [0.05, 0.1) is 0 Å². The monoisotopic (exact) mass is 328 g/mol. The molecule has 2 aliphatic carbocycles. The van der Waals surface area contributed by atoms with E-state index in [0.717, 1.165) is 17.8 Å². The van der Waals surface area contributed by atoms with Crippen LogP contribution in [0.2, 0.25) is 0 Å². The standard InChI is InChI=1S/C13H14Br2/c1-7-8-3-2-4-9(8)13-11(15)6-5-10(14)12(7)13/h5-9H,2-4H2,1H3. The van der Waals surface area contributed by atoms with Crippen molar-refractivity contribution in [2.45, 2.75) is 38.0 Å². The third-order valence-electron chi connectivity index (χ3n) is 4.22. The molecule has 0 radical (unpaired) electrons. The minimum atomic E-state index is 0.736. The molecule has 3 unspecified atom stereocenters. The Balaban J connectivity index is 2.23. The summed E-state index contributed by atoms with van der Waals surface area (Å²) < 4.78 is 2.63. The zero-order valence-corrected chi connectivity index (χ0v) is 11.9. The molecule has 2 heteroatoms. The topological polar surface area (TPSA) is 0 Å². The zero-order chi connectivity index (χ0) is 10.6. The van der Waals surface area contributed by atoms with Gasteiger partial charge in [-0.15, -0.1) is 0 Å². The number of hydrogen-bond donors (Lipinski definition) is 0. The zero-order valence-electron chi connectivity index (χ0n) is 8.76. The number of benzene rings is 1. The molecule has 0 bridgehead atoms. The summed E-state index contributed by atoms with van der Waals surface area (Å²) in [5, 5.41) is 0. The van der Waals surface area contributed by atoms with Crippen molar-refractivity contribution in [2.24, 2.45) is 5.92 Å². The van der Waals surface area contributed by atoms with Crippen molar-refractivity contribution in [3.8, 4) is 0 Å². The van der Waals surface area contributed by atoms with E-state index >= 15 is 0 Å². The number of hydrogen-bond acceptors (Lipinski definition) is 0. The number of fused-ring (bicyclic) bond motifs is 3. The summed E-state index contributed by atoms with van der Waals surface area (Å²) >= 11 is 7.43. The molecular formula is C13H14Br2. The van der Waals surface area contributed by atoms with Gasteiger partial charge in [0, 0.05) is 8.95 Å². The van der Waals surface area contributed by atoms with Crippen LogP contribution in [0, 0.1) is 5.92 Å². The quantitative estimate of drug-likeness (QED) is 0.612. The maximum atomic E-state index is 3.72. The molecule has 3 atom stereocenters. The highest BCUT2D eigenvalue weighted by molar-refractivity contribution is 9.11. The van der Waals surface area contributed by atoms with Crippen LogP contribution in [0.25, 0.3) is 0 Å². The summed E-state index contributed by atoms with van der Waals surface area (Å²) in [6.07, 6.45) is 4.22.